The zero-order chi connectivity index (χ0) is 20.4. The van der Waals surface area contributed by atoms with Crippen LogP contribution in [0.3, 0.4) is 0 Å². The van der Waals surface area contributed by atoms with Crippen molar-refractivity contribution in [2.24, 2.45) is 18.4 Å². The molecular weight excluding hydrogens is 354 g/mol. The van der Waals surface area contributed by atoms with Gasteiger partial charge in [0.15, 0.2) is 0 Å². The van der Waals surface area contributed by atoms with Crippen molar-refractivity contribution in [3.63, 3.8) is 0 Å². The van der Waals surface area contributed by atoms with E-state index in [2.05, 4.69) is 4.98 Å². The molecule has 1 aromatic rings. The first-order chi connectivity index (χ1) is 12.6. The number of carboxylic acid groups (broad SMARTS) is 1. The van der Waals surface area contributed by atoms with Crippen molar-refractivity contribution in [3.8, 4) is 0 Å². The molecule has 0 saturated carbocycles. The van der Waals surface area contributed by atoms with Gasteiger partial charge in [-0.25, -0.2) is 4.79 Å². The molecule has 150 valence electrons. The first kappa shape index (κ1) is 20.9. The smallest absolute Gasteiger partial charge is 0.328 e. The highest BCUT2D eigenvalue weighted by atomic mass is 16.4. The van der Waals surface area contributed by atoms with Crippen LogP contribution in [0, 0.1) is 11.3 Å². The van der Waals surface area contributed by atoms with E-state index in [1.807, 2.05) is 13.8 Å². The number of piperidine rings is 1. The number of nitrogens with zero attached hydrogens (tertiary/aromatic N) is 2. The Labute approximate surface area is 156 Å². The lowest BCUT2D eigenvalue weighted by atomic mass is 9.72. The van der Waals surface area contributed by atoms with Crippen molar-refractivity contribution in [2.45, 2.75) is 45.6 Å². The Hall–Kier alpha value is -2.42. The van der Waals surface area contributed by atoms with Gasteiger partial charge in [-0.15, -0.1) is 0 Å². The number of rotatable bonds is 6. The van der Waals surface area contributed by atoms with Crippen molar-refractivity contribution in [3.05, 3.63) is 32.6 Å². The number of carbonyl (C=O) groups is 2. The average molecular weight is 381 g/mol. The van der Waals surface area contributed by atoms with Gasteiger partial charge in [-0.05, 0) is 25.2 Å². The summed E-state index contributed by atoms with van der Waals surface area (Å²) in [6.45, 7) is 4.07. The fourth-order valence-electron chi connectivity index (χ4n) is 3.42. The molecule has 0 aliphatic carbocycles. The number of aromatic amines is 1. The largest absolute Gasteiger partial charge is 0.481 e. The van der Waals surface area contributed by atoms with Crippen LogP contribution in [0.25, 0.3) is 0 Å². The number of amides is 1. The van der Waals surface area contributed by atoms with Gasteiger partial charge >= 0.3 is 11.7 Å². The Morgan fingerprint density at radius 3 is 2.63 bits per heavy atom. The second-order valence-corrected chi connectivity index (χ2v) is 7.67. The Morgan fingerprint density at radius 1 is 1.37 bits per heavy atom. The molecule has 1 aromatic heterocycles. The molecular formula is C18H27N3O6. The highest BCUT2D eigenvalue weighted by Gasteiger charge is 2.49. The van der Waals surface area contributed by atoms with Crippen molar-refractivity contribution in [1.82, 2.24) is 14.5 Å². The molecule has 0 spiro atoms. The van der Waals surface area contributed by atoms with Gasteiger partial charge in [0, 0.05) is 31.9 Å². The van der Waals surface area contributed by atoms with E-state index in [-0.39, 0.29) is 43.8 Å². The van der Waals surface area contributed by atoms with E-state index in [0.717, 1.165) is 4.57 Å². The summed E-state index contributed by atoms with van der Waals surface area (Å²) < 4.78 is 0.882. The summed E-state index contributed by atoms with van der Waals surface area (Å²) in [6, 6.07) is 0. The number of aliphatic hydroxyl groups is 1. The molecule has 3 N–H and O–H groups in total. The minimum absolute atomic E-state index is 0.0985. The zero-order valence-electron chi connectivity index (χ0n) is 15.9. The number of carboxylic acids is 1. The van der Waals surface area contributed by atoms with Crippen LogP contribution in [0.15, 0.2) is 15.8 Å². The average Bonchev–Trinajstić information content (AvgIpc) is 2.61. The van der Waals surface area contributed by atoms with E-state index < -0.39 is 34.6 Å². The lowest BCUT2D eigenvalue weighted by Crippen LogP contribution is -2.57. The van der Waals surface area contributed by atoms with Crippen molar-refractivity contribution < 1.29 is 19.8 Å². The monoisotopic (exact) mass is 381 g/mol. The third kappa shape index (κ3) is 4.29. The summed E-state index contributed by atoms with van der Waals surface area (Å²) in [5.74, 6) is -1.25. The molecule has 1 fully saturated rings. The standard InChI is InChI=1S/C18H27N3O6/c1-11(2)4-6-18(16(25)26)10-21(7-5-13(18)22)14(23)8-12-9-19-17(27)20(3)15(12)24/h9,11,13,22H,4-8,10H2,1-3H3,(H,19,27)(H,25,26)/t13-,18+/m0/s1. The fraction of sp³-hybridized carbons (Fsp3) is 0.667. The van der Waals surface area contributed by atoms with E-state index in [4.69, 9.17) is 0 Å². The zero-order valence-corrected chi connectivity index (χ0v) is 15.9. The molecule has 2 atom stereocenters. The van der Waals surface area contributed by atoms with Gasteiger partial charge < -0.3 is 20.1 Å². The van der Waals surface area contributed by atoms with Crippen LogP contribution in [-0.2, 0) is 23.1 Å². The molecule has 1 amide bonds. The van der Waals surface area contributed by atoms with Crippen LogP contribution in [0.4, 0.5) is 0 Å². The maximum Gasteiger partial charge on any atom is 0.328 e. The van der Waals surface area contributed by atoms with Crippen LogP contribution < -0.4 is 11.2 Å². The third-order valence-electron chi connectivity index (χ3n) is 5.33. The lowest BCUT2D eigenvalue weighted by Gasteiger charge is -2.43. The summed E-state index contributed by atoms with van der Waals surface area (Å²) in [7, 11) is 1.31. The van der Waals surface area contributed by atoms with Gasteiger partial charge in [-0.2, -0.15) is 0 Å². The quantitative estimate of drug-likeness (QED) is 0.621. The van der Waals surface area contributed by atoms with E-state index in [9.17, 15) is 29.4 Å². The van der Waals surface area contributed by atoms with Gasteiger partial charge in [0.1, 0.15) is 5.41 Å². The van der Waals surface area contributed by atoms with Crippen molar-refractivity contribution >= 4 is 11.9 Å². The maximum absolute atomic E-state index is 12.7. The van der Waals surface area contributed by atoms with E-state index in [0.29, 0.717) is 6.42 Å². The molecule has 1 aliphatic rings. The third-order valence-corrected chi connectivity index (χ3v) is 5.33. The number of likely N-dealkylation sites (tertiary alicyclic amines) is 1. The van der Waals surface area contributed by atoms with Gasteiger partial charge in [0.05, 0.1) is 12.5 Å². The second-order valence-electron chi connectivity index (χ2n) is 7.67. The predicted molar refractivity (Wildman–Crippen MR) is 97.4 cm³/mol. The number of nitrogens with one attached hydrogen (secondary N) is 1. The molecule has 9 nitrogen and oxygen atoms in total. The number of aromatic nitrogens is 2. The first-order valence-corrected chi connectivity index (χ1v) is 9.05. The summed E-state index contributed by atoms with van der Waals surface area (Å²) in [4.78, 5) is 52.0. The highest BCUT2D eigenvalue weighted by Crippen LogP contribution is 2.36. The Kier molecular flexibility index (Phi) is 6.25. The number of aliphatic carboxylic acids is 1. The molecule has 2 heterocycles. The number of H-pyrrole nitrogens is 1. The van der Waals surface area contributed by atoms with Gasteiger partial charge in [-0.1, -0.05) is 13.8 Å². The van der Waals surface area contributed by atoms with E-state index in [1.54, 1.807) is 0 Å². The number of carbonyl (C=O) groups excluding carboxylic acids is 1. The normalized spacial score (nSPS) is 22.9. The van der Waals surface area contributed by atoms with Crippen molar-refractivity contribution in [2.75, 3.05) is 13.1 Å². The molecule has 0 bridgehead atoms. The fourth-order valence-corrected chi connectivity index (χ4v) is 3.42. The van der Waals surface area contributed by atoms with E-state index in [1.165, 1.54) is 18.1 Å². The van der Waals surface area contributed by atoms with Crippen molar-refractivity contribution in [1.29, 1.82) is 0 Å². The number of aliphatic hydroxyl groups excluding tert-OH is 1. The van der Waals surface area contributed by atoms with Crippen LogP contribution >= 0.6 is 0 Å². The Bertz CT molecular complexity index is 827. The van der Waals surface area contributed by atoms with Gasteiger partial charge in [0.25, 0.3) is 5.56 Å². The number of hydrogen-bond donors (Lipinski definition) is 3. The van der Waals surface area contributed by atoms with Gasteiger partial charge in [-0.3, -0.25) is 19.0 Å². The molecule has 9 heteroatoms. The maximum atomic E-state index is 12.7. The molecule has 27 heavy (non-hydrogen) atoms. The van der Waals surface area contributed by atoms with Crippen LogP contribution in [0.5, 0.6) is 0 Å². The van der Waals surface area contributed by atoms with Gasteiger partial charge in [0.2, 0.25) is 5.91 Å². The molecule has 0 unspecified atom stereocenters. The van der Waals surface area contributed by atoms with E-state index >= 15 is 0 Å². The van der Waals surface area contributed by atoms with Crippen LogP contribution in [-0.4, -0.2) is 55.7 Å². The molecule has 2 rings (SSSR count). The Morgan fingerprint density at radius 2 is 2.04 bits per heavy atom. The summed E-state index contributed by atoms with van der Waals surface area (Å²) in [6.07, 6.45) is 1.000. The van der Waals surface area contributed by atoms with Crippen LogP contribution in [0.2, 0.25) is 0 Å². The molecule has 1 saturated heterocycles. The Balaban J connectivity index is 2.22. The SMILES string of the molecule is CC(C)CC[C@@]1(C(=O)O)CN(C(=O)Cc2c[nH]c(=O)n(C)c2=O)CC[C@@H]1O. The minimum Gasteiger partial charge on any atom is -0.481 e. The van der Waals surface area contributed by atoms with Crippen LogP contribution in [0.1, 0.15) is 38.7 Å². The minimum atomic E-state index is -1.41. The summed E-state index contributed by atoms with van der Waals surface area (Å²) >= 11 is 0. The molecule has 1 aliphatic heterocycles. The molecule has 0 aromatic carbocycles. The lowest BCUT2D eigenvalue weighted by molar-refractivity contribution is -0.167. The predicted octanol–water partition coefficient (Wildman–Crippen LogP) is -0.283. The summed E-state index contributed by atoms with van der Waals surface area (Å²) in [5.41, 5.74) is -2.41. The first-order valence-electron chi connectivity index (χ1n) is 9.05. The second kappa shape index (κ2) is 8.08. The summed E-state index contributed by atoms with van der Waals surface area (Å²) in [5, 5.41) is 20.2. The topological polar surface area (TPSA) is 133 Å². The molecule has 0 radical (unpaired) electrons. The highest BCUT2D eigenvalue weighted by molar-refractivity contribution is 5.81. The number of hydrogen-bond acceptors (Lipinski definition) is 5.